The van der Waals surface area contributed by atoms with Crippen molar-refractivity contribution in [2.45, 2.75) is 39.8 Å². The van der Waals surface area contributed by atoms with Gasteiger partial charge in [0.1, 0.15) is 0 Å². The Labute approximate surface area is 71.4 Å². The van der Waals surface area contributed by atoms with Gasteiger partial charge in [-0.15, -0.1) is 22.9 Å². The predicted molar refractivity (Wildman–Crippen MR) is 53.6 cm³/mol. The SMILES string of the molecule is CCC#C[Si](C)(C)C#CCC. The molecule has 0 radical (unpaired) electrons. The van der Waals surface area contributed by atoms with Crippen LogP contribution in [0.2, 0.25) is 13.1 Å². The lowest BCUT2D eigenvalue weighted by Crippen LogP contribution is -2.20. The van der Waals surface area contributed by atoms with Crippen LogP contribution in [0, 0.1) is 22.9 Å². The van der Waals surface area contributed by atoms with Gasteiger partial charge in [0.25, 0.3) is 0 Å². The van der Waals surface area contributed by atoms with Gasteiger partial charge in [0.2, 0.25) is 8.07 Å². The monoisotopic (exact) mass is 164 g/mol. The minimum Gasteiger partial charge on any atom is -0.116 e. The molecule has 0 saturated heterocycles. The van der Waals surface area contributed by atoms with Crippen molar-refractivity contribution in [2.24, 2.45) is 0 Å². The molecule has 0 rings (SSSR count). The normalized spacial score (nSPS) is 9.09. The Hall–Kier alpha value is -0.663. The van der Waals surface area contributed by atoms with Crippen molar-refractivity contribution in [3.8, 4) is 22.9 Å². The molecule has 0 aliphatic carbocycles. The van der Waals surface area contributed by atoms with Crippen molar-refractivity contribution >= 4 is 8.07 Å². The Bertz CT molecular complexity index is 193. The molecular formula is C10H16Si. The van der Waals surface area contributed by atoms with E-state index in [1.165, 1.54) is 0 Å². The van der Waals surface area contributed by atoms with Gasteiger partial charge < -0.3 is 0 Å². The van der Waals surface area contributed by atoms with Gasteiger partial charge in [-0.25, -0.2) is 0 Å². The van der Waals surface area contributed by atoms with Crippen molar-refractivity contribution in [3.63, 3.8) is 0 Å². The topological polar surface area (TPSA) is 0 Å². The van der Waals surface area contributed by atoms with Crippen LogP contribution < -0.4 is 0 Å². The molecule has 1 heteroatoms. The zero-order valence-corrected chi connectivity index (χ0v) is 8.91. The molecule has 0 spiro atoms. The highest BCUT2D eigenvalue weighted by Gasteiger charge is 2.12. The van der Waals surface area contributed by atoms with E-state index in [9.17, 15) is 0 Å². The van der Waals surface area contributed by atoms with Gasteiger partial charge in [-0.05, 0) is 13.1 Å². The molecule has 0 heterocycles. The molecule has 0 aliphatic rings. The molecule has 0 fully saturated rings. The maximum absolute atomic E-state index is 3.26. The minimum atomic E-state index is -1.47. The highest BCUT2D eigenvalue weighted by atomic mass is 28.3. The molecule has 11 heavy (non-hydrogen) atoms. The van der Waals surface area contributed by atoms with E-state index in [0.29, 0.717) is 0 Å². The molecule has 0 aromatic rings. The van der Waals surface area contributed by atoms with Crippen LogP contribution in [0.4, 0.5) is 0 Å². The fourth-order valence-electron chi connectivity index (χ4n) is 0.650. The summed E-state index contributed by atoms with van der Waals surface area (Å²) in [7, 11) is -1.47. The molecule has 0 atom stereocenters. The summed E-state index contributed by atoms with van der Waals surface area (Å²) in [6.07, 6.45) is 1.90. The molecule has 0 amide bonds. The molecule has 0 aromatic heterocycles. The van der Waals surface area contributed by atoms with Crippen LogP contribution in [-0.2, 0) is 0 Å². The third-order valence-corrected chi connectivity index (χ3v) is 2.76. The number of hydrogen-bond acceptors (Lipinski definition) is 0. The predicted octanol–water partition coefficient (Wildman–Crippen LogP) is 2.60. The smallest absolute Gasteiger partial charge is 0.116 e. The van der Waals surface area contributed by atoms with Crippen molar-refractivity contribution in [3.05, 3.63) is 0 Å². The summed E-state index contributed by atoms with van der Waals surface area (Å²) in [6.45, 7) is 8.53. The molecule has 0 N–H and O–H groups in total. The molecule has 0 nitrogen and oxygen atoms in total. The minimum absolute atomic E-state index is 0.949. The van der Waals surface area contributed by atoms with Crippen LogP contribution in [0.15, 0.2) is 0 Å². The van der Waals surface area contributed by atoms with E-state index in [4.69, 9.17) is 0 Å². The van der Waals surface area contributed by atoms with Crippen molar-refractivity contribution in [2.75, 3.05) is 0 Å². The van der Waals surface area contributed by atoms with Crippen molar-refractivity contribution in [1.29, 1.82) is 0 Å². The standard InChI is InChI=1S/C10H16Si/c1-5-7-9-11(3,4)10-8-6-2/h5-6H2,1-4H3. The summed E-state index contributed by atoms with van der Waals surface area (Å²) >= 11 is 0. The van der Waals surface area contributed by atoms with E-state index >= 15 is 0 Å². The average molecular weight is 164 g/mol. The van der Waals surface area contributed by atoms with E-state index < -0.39 is 8.07 Å². The summed E-state index contributed by atoms with van der Waals surface area (Å²) in [5.41, 5.74) is 6.52. The van der Waals surface area contributed by atoms with Gasteiger partial charge in [0.15, 0.2) is 0 Å². The van der Waals surface area contributed by atoms with Crippen molar-refractivity contribution in [1.82, 2.24) is 0 Å². The average Bonchev–Trinajstić information content (AvgIpc) is 1.97. The molecule has 60 valence electrons. The maximum atomic E-state index is 3.26. The van der Waals surface area contributed by atoms with Gasteiger partial charge in [0, 0.05) is 12.8 Å². The van der Waals surface area contributed by atoms with Gasteiger partial charge in [-0.1, -0.05) is 13.8 Å². The Morgan fingerprint density at radius 1 is 0.909 bits per heavy atom. The third-order valence-electron chi connectivity index (χ3n) is 1.16. The first kappa shape index (κ1) is 10.3. The largest absolute Gasteiger partial charge is 0.210 e. The molecule has 0 unspecified atom stereocenters. The lowest BCUT2D eigenvalue weighted by molar-refractivity contribution is 1.28. The van der Waals surface area contributed by atoms with Crippen molar-refractivity contribution < 1.29 is 0 Å². The Morgan fingerprint density at radius 2 is 1.27 bits per heavy atom. The van der Waals surface area contributed by atoms with Crippen LogP contribution in [0.5, 0.6) is 0 Å². The summed E-state index contributed by atoms with van der Waals surface area (Å²) in [5.74, 6) is 6.21. The zero-order valence-electron chi connectivity index (χ0n) is 7.91. The zero-order chi connectivity index (χ0) is 8.74. The lowest BCUT2D eigenvalue weighted by Gasteiger charge is -2.02. The number of rotatable bonds is 0. The first-order valence-electron chi connectivity index (χ1n) is 4.12. The third kappa shape index (κ3) is 5.77. The van der Waals surface area contributed by atoms with E-state index in [1.54, 1.807) is 0 Å². The van der Waals surface area contributed by atoms with E-state index in [-0.39, 0.29) is 0 Å². The second-order valence-electron chi connectivity index (χ2n) is 2.94. The second-order valence-corrected chi connectivity index (χ2v) is 6.69. The number of hydrogen-bond donors (Lipinski definition) is 0. The van der Waals surface area contributed by atoms with E-state index in [1.807, 2.05) is 0 Å². The Kier molecular flexibility index (Phi) is 4.74. The van der Waals surface area contributed by atoms with Crippen LogP contribution in [0.25, 0.3) is 0 Å². The quantitative estimate of drug-likeness (QED) is 0.381. The Balaban J connectivity index is 4.21. The molecule has 0 bridgehead atoms. The van der Waals surface area contributed by atoms with Crippen LogP contribution in [0.3, 0.4) is 0 Å². The second kappa shape index (κ2) is 5.05. The van der Waals surface area contributed by atoms with Gasteiger partial charge in [-0.3, -0.25) is 0 Å². The summed E-state index contributed by atoms with van der Waals surface area (Å²) < 4.78 is 0. The highest BCUT2D eigenvalue weighted by Crippen LogP contribution is 1.97. The maximum Gasteiger partial charge on any atom is 0.210 e. The summed E-state index contributed by atoms with van der Waals surface area (Å²) in [6, 6.07) is 0. The Morgan fingerprint density at radius 3 is 1.55 bits per heavy atom. The molecule has 0 saturated carbocycles. The van der Waals surface area contributed by atoms with Gasteiger partial charge >= 0.3 is 0 Å². The van der Waals surface area contributed by atoms with Gasteiger partial charge in [-0.2, -0.15) is 0 Å². The van der Waals surface area contributed by atoms with Crippen LogP contribution in [0.1, 0.15) is 26.7 Å². The lowest BCUT2D eigenvalue weighted by atomic mass is 10.5. The van der Waals surface area contributed by atoms with Gasteiger partial charge in [0.05, 0.1) is 0 Å². The fourth-order valence-corrected chi connectivity index (χ4v) is 1.95. The fraction of sp³-hybridized carbons (Fsp3) is 0.600. The van der Waals surface area contributed by atoms with E-state index in [0.717, 1.165) is 12.8 Å². The summed E-state index contributed by atoms with van der Waals surface area (Å²) in [4.78, 5) is 0. The van der Waals surface area contributed by atoms with E-state index in [2.05, 4.69) is 49.9 Å². The molecular weight excluding hydrogens is 148 g/mol. The first-order valence-corrected chi connectivity index (χ1v) is 7.12. The first-order chi connectivity index (χ1) is 5.12. The summed E-state index contributed by atoms with van der Waals surface area (Å²) in [5, 5.41) is 0. The van der Waals surface area contributed by atoms with Crippen LogP contribution in [-0.4, -0.2) is 8.07 Å². The highest BCUT2D eigenvalue weighted by molar-refractivity contribution is 6.92. The molecule has 0 aliphatic heterocycles. The van der Waals surface area contributed by atoms with Crippen LogP contribution >= 0.6 is 0 Å². The molecule has 0 aromatic carbocycles.